The summed E-state index contributed by atoms with van der Waals surface area (Å²) in [4.78, 5) is 10.4. The van der Waals surface area contributed by atoms with Crippen LogP contribution in [0.3, 0.4) is 0 Å². The molecule has 0 heterocycles. The fourth-order valence-corrected chi connectivity index (χ4v) is 1.83. The average Bonchev–Trinajstić information content (AvgIpc) is 2.34. The first-order chi connectivity index (χ1) is 8.22. The highest BCUT2D eigenvalue weighted by atomic mass is 16.7. The predicted molar refractivity (Wildman–Crippen MR) is 67.2 cm³/mol. The van der Waals surface area contributed by atoms with E-state index in [-0.39, 0.29) is 6.10 Å². The molecule has 1 atom stereocenters. The maximum absolute atomic E-state index is 10.4. The minimum atomic E-state index is -1.17. The summed E-state index contributed by atoms with van der Waals surface area (Å²) in [6.45, 7) is 1.95. The molecule has 0 fully saturated rings. The minimum Gasteiger partial charge on any atom is -0.450 e. The molecule has 3 nitrogen and oxygen atoms in total. The van der Waals surface area contributed by atoms with Crippen molar-refractivity contribution in [1.29, 1.82) is 0 Å². The summed E-state index contributed by atoms with van der Waals surface area (Å²) in [6.07, 6.45) is 3.37. The maximum atomic E-state index is 10.4. The molecular weight excluding hydrogens is 216 g/mol. The van der Waals surface area contributed by atoms with E-state index in [1.54, 1.807) is 0 Å². The van der Waals surface area contributed by atoms with E-state index in [4.69, 9.17) is 9.84 Å². The van der Waals surface area contributed by atoms with E-state index < -0.39 is 6.16 Å². The minimum absolute atomic E-state index is 0.150. The molecule has 0 aromatic heterocycles. The lowest BCUT2D eigenvalue weighted by molar-refractivity contribution is 0.0455. The van der Waals surface area contributed by atoms with Crippen LogP contribution in [0.4, 0.5) is 4.79 Å². The largest absolute Gasteiger partial charge is 0.506 e. The van der Waals surface area contributed by atoms with Crippen LogP contribution in [0.1, 0.15) is 38.2 Å². The van der Waals surface area contributed by atoms with Gasteiger partial charge in [0.2, 0.25) is 0 Å². The van der Waals surface area contributed by atoms with Crippen molar-refractivity contribution in [3.63, 3.8) is 0 Å². The van der Waals surface area contributed by atoms with E-state index in [9.17, 15) is 4.79 Å². The quantitative estimate of drug-likeness (QED) is 0.577. The number of unbranched alkanes of at least 4 members (excludes halogenated alkanes) is 1. The Balaban J connectivity index is 2.16. The SMILES string of the molecule is CCC(CCCCc1ccccc1)OC(=O)O. The Labute approximate surface area is 102 Å². The summed E-state index contributed by atoms with van der Waals surface area (Å²) in [5.41, 5.74) is 1.33. The molecule has 0 aliphatic rings. The van der Waals surface area contributed by atoms with Crippen molar-refractivity contribution >= 4 is 6.16 Å². The highest BCUT2D eigenvalue weighted by molar-refractivity contribution is 5.57. The van der Waals surface area contributed by atoms with Crippen LogP contribution in [0.2, 0.25) is 0 Å². The van der Waals surface area contributed by atoms with Crippen molar-refractivity contribution in [2.24, 2.45) is 0 Å². The second kappa shape index (κ2) is 7.71. The van der Waals surface area contributed by atoms with Crippen molar-refractivity contribution in [3.8, 4) is 0 Å². The number of carbonyl (C=O) groups is 1. The summed E-state index contributed by atoms with van der Waals surface area (Å²) in [7, 11) is 0. The second-order valence-corrected chi connectivity index (χ2v) is 4.15. The standard InChI is InChI=1S/C14H20O3/c1-2-13(17-14(15)16)11-7-6-10-12-8-4-3-5-9-12/h3-5,8-9,13H,2,6-7,10-11H2,1H3,(H,15,16). The Hall–Kier alpha value is -1.51. The zero-order chi connectivity index (χ0) is 12.5. The highest BCUT2D eigenvalue weighted by Crippen LogP contribution is 2.11. The highest BCUT2D eigenvalue weighted by Gasteiger charge is 2.10. The summed E-state index contributed by atoms with van der Waals surface area (Å²) in [5.74, 6) is 0. The monoisotopic (exact) mass is 236 g/mol. The van der Waals surface area contributed by atoms with Gasteiger partial charge in [0, 0.05) is 0 Å². The van der Waals surface area contributed by atoms with Crippen LogP contribution in [0.25, 0.3) is 0 Å². The number of hydrogen-bond acceptors (Lipinski definition) is 2. The summed E-state index contributed by atoms with van der Waals surface area (Å²) in [5, 5.41) is 8.53. The van der Waals surface area contributed by atoms with Crippen LogP contribution >= 0.6 is 0 Å². The van der Waals surface area contributed by atoms with Crippen LogP contribution in [0, 0.1) is 0 Å². The molecule has 1 aromatic carbocycles. The molecular formula is C14H20O3. The Bertz CT molecular complexity index is 321. The van der Waals surface area contributed by atoms with Crippen LogP contribution in [-0.4, -0.2) is 17.4 Å². The van der Waals surface area contributed by atoms with Gasteiger partial charge < -0.3 is 9.84 Å². The van der Waals surface area contributed by atoms with E-state index in [2.05, 4.69) is 12.1 Å². The molecule has 0 bridgehead atoms. The molecule has 0 saturated heterocycles. The van der Waals surface area contributed by atoms with Gasteiger partial charge in [-0.05, 0) is 37.7 Å². The van der Waals surface area contributed by atoms with Crippen LogP contribution in [0.5, 0.6) is 0 Å². The lowest BCUT2D eigenvalue weighted by atomic mass is 10.0. The summed E-state index contributed by atoms with van der Waals surface area (Å²) >= 11 is 0. The third kappa shape index (κ3) is 5.95. The van der Waals surface area contributed by atoms with Gasteiger partial charge in [-0.25, -0.2) is 4.79 Å². The van der Waals surface area contributed by atoms with Crippen molar-refractivity contribution in [3.05, 3.63) is 35.9 Å². The molecule has 1 rings (SSSR count). The lowest BCUT2D eigenvalue weighted by Crippen LogP contribution is -2.15. The summed E-state index contributed by atoms with van der Waals surface area (Å²) in [6, 6.07) is 10.3. The smallest absolute Gasteiger partial charge is 0.450 e. The molecule has 94 valence electrons. The van der Waals surface area contributed by atoms with Gasteiger partial charge in [0.1, 0.15) is 6.10 Å². The Morgan fingerprint density at radius 1 is 1.29 bits per heavy atom. The normalized spacial score (nSPS) is 12.1. The van der Waals surface area contributed by atoms with Crippen molar-refractivity contribution in [2.75, 3.05) is 0 Å². The predicted octanol–water partition coefficient (Wildman–Crippen LogP) is 3.87. The molecule has 0 saturated carbocycles. The second-order valence-electron chi connectivity index (χ2n) is 4.15. The molecule has 3 heteroatoms. The maximum Gasteiger partial charge on any atom is 0.506 e. The van der Waals surface area contributed by atoms with E-state index >= 15 is 0 Å². The fourth-order valence-electron chi connectivity index (χ4n) is 1.83. The fraction of sp³-hybridized carbons (Fsp3) is 0.500. The van der Waals surface area contributed by atoms with Gasteiger partial charge in [-0.3, -0.25) is 0 Å². The molecule has 0 aliphatic heterocycles. The molecule has 0 radical (unpaired) electrons. The van der Waals surface area contributed by atoms with Gasteiger partial charge in [-0.15, -0.1) is 0 Å². The van der Waals surface area contributed by atoms with Crippen LogP contribution < -0.4 is 0 Å². The lowest BCUT2D eigenvalue weighted by Gasteiger charge is -2.13. The topological polar surface area (TPSA) is 46.5 Å². The average molecular weight is 236 g/mol. The van der Waals surface area contributed by atoms with Gasteiger partial charge in [-0.1, -0.05) is 37.3 Å². The third-order valence-corrected chi connectivity index (χ3v) is 2.81. The zero-order valence-corrected chi connectivity index (χ0v) is 10.3. The molecule has 17 heavy (non-hydrogen) atoms. The number of carboxylic acid groups (broad SMARTS) is 1. The van der Waals surface area contributed by atoms with Gasteiger partial charge >= 0.3 is 6.16 Å². The Morgan fingerprint density at radius 3 is 2.59 bits per heavy atom. The van der Waals surface area contributed by atoms with E-state index in [0.717, 1.165) is 32.1 Å². The van der Waals surface area contributed by atoms with E-state index in [1.165, 1.54) is 5.56 Å². The van der Waals surface area contributed by atoms with Gasteiger partial charge in [0.05, 0.1) is 0 Å². The third-order valence-electron chi connectivity index (χ3n) is 2.81. The van der Waals surface area contributed by atoms with Gasteiger partial charge in [-0.2, -0.15) is 0 Å². The van der Waals surface area contributed by atoms with Crippen molar-refractivity contribution < 1.29 is 14.6 Å². The first-order valence-electron chi connectivity index (χ1n) is 6.16. The van der Waals surface area contributed by atoms with Gasteiger partial charge in [0.25, 0.3) is 0 Å². The number of ether oxygens (including phenoxy) is 1. The first kappa shape index (κ1) is 13.6. The van der Waals surface area contributed by atoms with Crippen molar-refractivity contribution in [1.82, 2.24) is 0 Å². The number of hydrogen-bond donors (Lipinski definition) is 1. The van der Waals surface area contributed by atoms with Crippen LogP contribution in [0.15, 0.2) is 30.3 Å². The van der Waals surface area contributed by atoms with Gasteiger partial charge in [0.15, 0.2) is 0 Å². The number of benzene rings is 1. The Kier molecular flexibility index (Phi) is 6.15. The molecule has 1 N–H and O–H groups in total. The van der Waals surface area contributed by atoms with E-state index in [0.29, 0.717) is 0 Å². The molecule has 0 spiro atoms. The molecule has 1 aromatic rings. The zero-order valence-electron chi connectivity index (χ0n) is 10.3. The number of rotatable bonds is 7. The van der Waals surface area contributed by atoms with Crippen LogP contribution in [-0.2, 0) is 11.2 Å². The summed E-state index contributed by atoms with van der Waals surface area (Å²) < 4.78 is 4.77. The molecule has 0 amide bonds. The molecule has 1 unspecified atom stereocenters. The first-order valence-corrected chi connectivity index (χ1v) is 6.16. The van der Waals surface area contributed by atoms with Crippen molar-refractivity contribution in [2.45, 2.75) is 45.1 Å². The van der Waals surface area contributed by atoms with E-state index in [1.807, 2.05) is 25.1 Å². The Morgan fingerprint density at radius 2 is 2.00 bits per heavy atom. The molecule has 0 aliphatic carbocycles. The number of aryl methyl sites for hydroxylation is 1.